The zero-order chi connectivity index (χ0) is 15.9. The predicted molar refractivity (Wildman–Crippen MR) is 85.9 cm³/mol. The van der Waals surface area contributed by atoms with Gasteiger partial charge < -0.3 is 9.64 Å². The number of ether oxygens (including phenoxy) is 1. The average Bonchev–Trinajstić information content (AvgIpc) is 2.56. The van der Waals surface area contributed by atoms with Crippen LogP contribution in [0.1, 0.15) is 18.1 Å². The zero-order valence-corrected chi connectivity index (χ0v) is 12.7. The lowest BCUT2D eigenvalue weighted by Gasteiger charge is -2.23. The largest absolute Gasteiger partial charge is 0.484 e. The molecule has 22 heavy (non-hydrogen) atoms. The molecule has 0 saturated carbocycles. The number of carbonyl (C=O) groups excluding carboxylic acids is 1. The average molecular weight is 294 g/mol. The minimum absolute atomic E-state index is 0.0337. The molecule has 0 N–H and O–H groups in total. The van der Waals surface area contributed by atoms with Crippen LogP contribution in [0.5, 0.6) is 5.75 Å². The number of benzene rings is 2. The van der Waals surface area contributed by atoms with Gasteiger partial charge in [-0.15, -0.1) is 0 Å². The molecule has 4 nitrogen and oxygen atoms in total. The standard InChI is InChI=1S/C18H18N2O2/c1-3-20(17-7-5-4-6-14(17)2)18(21)13-22-16-10-8-15(12-19)9-11-16/h4-11H,3,13H2,1-2H3. The van der Waals surface area contributed by atoms with Crippen molar-refractivity contribution in [2.75, 3.05) is 18.1 Å². The van der Waals surface area contributed by atoms with Crippen molar-refractivity contribution >= 4 is 11.6 Å². The lowest BCUT2D eigenvalue weighted by molar-refractivity contribution is -0.120. The predicted octanol–water partition coefficient (Wildman–Crippen LogP) is 3.30. The van der Waals surface area contributed by atoms with Crippen molar-refractivity contribution in [3.05, 3.63) is 59.7 Å². The third-order valence-electron chi connectivity index (χ3n) is 3.37. The van der Waals surface area contributed by atoms with Crippen LogP contribution in [0.4, 0.5) is 5.69 Å². The molecule has 0 heterocycles. The Labute approximate surface area is 130 Å². The third kappa shape index (κ3) is 3.64. The van der Waals surface area contributed by atoms with E-state index in [1.54, 1.807) is 29.2 Å². The fourth-order valence-corrected chi connectivity index (χ4v) is 2.20. The summed E-state index contributed by atoms with van der Waals surface area (Å²) in [6.45, 7) is 4.47. The molecule has 2 aromatic carbocycles. The maximum absolute atomic E-state index is 12.4. The lowest BCUT2D eigenvalue weighted by Crippen LogP contribution is -2.35. The van der Waals surface area contributed by atoms with Crippen LogP contribution in [0.25, 0.3) is 0 Å². The Morgan fingerprint density at radius 3 is 2.45 bits per heavy atom. The number of aryl methyl sites for hydroxylation is 1. The SMILES string of the molecule is CCN(C(=O)COc1ccc(C#N)cc1)c1ccccc1C. The molecule has 0 unspecified atom stereocenters. The smallest absolute Gasteiger partial charge is 0.264 e. The summed E-state index contributed by atoms with van der Waals surface area (Å²) in [7, 11) is 0. The molecule has 1 amide bonds. The minimum atomic E-state index is -0.0961. The van der Waals surface area contributed by atoms with E-state index in [-0.39, 0.29) is 12.5 Å². The first-order chi connectivity index (χ1) is 10.7. The molecule has 2 rings (SSSR count). The molecular formula is C18H18N2O2. The van der Waals surface area contributed by atoms with Crippen LogP contribution in [-0.2, 0) is 4.79 Å². The van der Waals surface area contributed by atoms with E-state index < -0.39 is 0 Å². The summed E-state index contributed by atoms with van der Waals surface area (Å²) in [5.74, 6) is 0.481. The monoisotopic (exact) mass is 294 g/mol. The highest BCUT2D eigenvalue weighted by atomic mass is 16.5. The fraction of sp³-hybridized carbons (Fsp3) is 0.222. The van der Waals surface area contributed by atoms with Crippen LogP contribution < -0.4 is 9.64 Å². The molecule has 0 aliphatic carbocycles. The summed E-state index contributed by atoms with van der Waals surface area (Å²) in [6.07, 6.45) is 0. The lowest BCUT2D eigenvalue weighted by atomic mass is 10.2. The van der Waals surface area contributed by atoms with Crippen LogP contribution in [-0.4, -0.2) is 19.1 Å². The number of likely N-dealkylation sites (N-methyl/N-ethyl adjacent to an activating group) is 1. The number of carbonyl (C=O) groups is 1. The van der Waals surface area contributed by atoms with Crippen molar-refractivity contribution < 1.29 is 9.53 Å². The number of amides is 1. The highest BCUT2D eigenvalue weighted by Gasteiger charge is 2.16. The van der Waals surface area contributed by atoms with Gasteiger partial charge in [-0.1, -0.05) is 18.2 Å². The molecule has 0 bridgehead atoms. The van der Waals surface area contributed by atoms with Crippen molar-refractivity contribution in [1.82, 2.24) is 0 Å². The van der Waals surface area contributed by atoms with Crippen molar-refractivity contribution in [3.63, 3.8) is 0 Å². The van der Waals surface area contributed by atoms with Gasteiger partial charge in [0.15, 0.2) is 6.61 Å². The van der Waals surface area contributed by atoms with Crippen LogP contribution in [0.3, 0.4) is 0 Å². The van der Waals surface area contributed by atoms with Gasteiger partial charge in [0, 0.05) is 12.2 Å². The molecule has 0 spiro atoms. The van der Waals surface area contributed by atoms with Gasteiger partial charge in [0.2, 0.25) is 0 Å². The van der Waals surface area contributed by atoms with Gasteiger partial charge in [0.05, 0.1) is 11.6 Å². The molecule has 112 valence electrons. The fourth-order valence-electron chi connectivity index (χ4n) is 2.20. The number of anilines is 1. The summed E-state index contributed by atoms with van der Waals surface area (Å²) >= 11 is 0. The quantitative estimate of drug-likeness (QED) is 0.850. The number of nitriles is 1. The second-order valence-corrected chi connectivity index (χ2v) is 4.85. The van der Waals surface area contributed by atoms with E-state index in [1.807, 2.05) is 44.2 Å². The molecule has 0 aliphatic heterocycles. The molecule has 0 radical (unpaired) electrons. The molecule has 0 fully saturated rings. The molecule has 4 heteroatoms. The third-order valence-corrected chi connectivity index (χ3v) is 3.37. The van der Waals surface area contributed by atoms with Crippen molar-refractivity contribution in [2.24, 2.45) is 0 Å². The highest BCUT2D eigenvalue weighted by molar-refractivity contribution is 5.95. The number of hydrogen-bond acceptors (Lipinski definition) is 3. The Hall–Kier alpha value is -2.80. The van der Waals surface area contributed by atoms with Crippen molar-refractivity contribution in [2.45, 2.75) is 13.8 Å². The first-order valence-corrected chi connectivity index (χ1v) is 7.14. The second kappa shape index (κ2) is 7.28. The second-order valence-electron chi connectivity index (χ2n) is 4.85. The van der Waals surface area contributed by atoms with Gasteiger partial charge in [-0.25, -0.2) is 0 Å². The summed E-state index contributed by atoms with van der Waals surface area (Å²) in [6, 6.07) is 16.5. The first-order valence-electron chi connectivity index (χ1n) is 7.14. The Bertz CT molecular complexity index is 687. The zero-order valence-electron chi connectivity index (χ0n) is 12.7. The van der Waals surface area contributed by atoms with E-state index in [4.69, 9.17) is 10.00 Å². The first kappa shape index (κ1) is 15.6. The molecule has 0 aromatic heterocycles. The summed E-state index contributed by atoms with van der Waals surface area (Å²) in [4.78, 5) is 14.1. The van der Waals surface area contributed by atoms with E-state index in [2.05, 4.69) is 0 Å². The molecule has 2 aromatic rings. The number of para-hydroxylation sites is 1. The van der Waals surface area contributed by atoms with Crippen LogP contribution in [0.15, 0.2) is 48.5 Å². The van der Waals surface area contributed by atoms with Gasteiger partial charge in [0.1, 0.15) is 5.75 Å². The molecular weight excluding hydrogens is 276 g/mol. The van der Waals surface area contributed by atoms with E-state index >= 15 is 0 Å². The number of nitrogens with zero attached hydrogens (tertiary/aromatic N) is 2. The van der Waals surface area contributed by atoms with Gasteiger partial charge >= 0.3 is 0 Å². The summed E-state index contributed by atoms with van der Waals surface area (Å²) < 4.78 is 5.51. The maximum Gasteiger partial charge on any atom is 0.264 e. The number of hydrogen-bond donors (Lipinski definition) is 0. The molecule has 0 atom stereocenters. The van der Waals surface area contributed by atoms with Gasteiger partial charge in [0.25, 0.3) is 5.91 Å². The summed E-state index contributed by atoms with van der Waals surface area (Å²) in [5, 5.41) is 8.75. The van der Waals surface area contributed by atoms with E-state index in [1.165, 1.54) is 0 Å². The number of rotatable bonds is 5. The van der Waals surface area contributed by atoms with Crippen LogP contribution >= 0.6 is 0 Å². The summed E-state index contributed by atoms with van der Waals surface area (Å²) in [5.41, 5.74) is 2.52. The Morgan fingerprint density at radius 1 is 1.18 bits per heavy atom. The van der Waals surface area contributed by atoms with E-state index in [0.717, 1.165) is 11.3 Å². The van der Waals surface area contributed by atoms with E-state index in [0.29, 0.717) is 17.9 Å². The topological polar surface area (TPSA) is 53.3 Å². The van der Waals surface area contributed by atoms with Crippen molar-refractivity contribution in [3.8, 4) is 11.8 Å². The Morgan fingerprint density at radius 2 is 1.86 bits per heavy atom. The normalized spacial score (nSPS) is 9.86. The minimum Gasteiger partial charge on any atom is -0.484 e. The maximum atomic E-state index is 12.4. The van der Waals surface area contributed by atoms with Gasteiger partial charge in [-0.2, -0.15) is 5.26 Å². The van der Waals surface area contributed by atoms with Crippen molar-refractivity contribution in [1.29, 1.82) is 5.26 Å². The Kier molecular flexibility index (Phi) is 5.16. The Balaban J connectivity index is 2.03. The molecule has 0 aliphatic rings. The van der Waals surface area contributed by atoms with Crippen LogP contribution in [0, 0.1) is 18.3 Å². The van der Waals surface area contributed by atoms with E-state index in [9.17, 15) is 4.79 Å². The molecule has 0 saturated heterocycles. The van der Waals surface area contributed by atoms with Gasteiger partial charge in [-0.05, 0) is 49.7 Å². The highest BCUT2D eigenvalue weighted by Crippen LogP contribution is 2.19. The van der Waals surface area contributed by atoms with Gasteiger partial charge in [-0.3, -0.25) is 4.79 Å². The van der Waals surface area contributed by atoms with Crippen LogP contribution in [0.2, 0.25) is 0 Å².